The number of rotatable bonds is 9. The average molecular weight is 391 g/mol. The molecule has 0 saturated heterocycles. The Labute approximate surface area is 160 Å². The molecule has 28 heavy (non-hydrogen) atoms. The lowest BCUT2D eigenvalue weighted by atomic mass is 9.96. The van der Waals surface area contributed by atoms with Crippen LogP contribution in [0.4, 0.5) is 0 Å². The van der Waals surface area contributed by atoms with Crippen molar-refractivity contribution < 1.29 is 39.6 Å². The first kappa shape index (κ1) is 22.6. The molecule has 9 nitrogen and oxygen atoms in total. The number of aliphatic hydroxyl groups is 1. The van der Waals surface area contributed by atoms with Crippen LogP contribution in [0.5, 0.6) is 5.75 Å². The number of carboxylic acid groups (broad SMARTS) is 3. The quantitative estimate of drug-likeness (QED) is 0.400. The molecule has 5 N–H and O–H groups in total. The molecule has 9 heteroatoms. The smallest absolute Gasteiger partial charge is 0.336 e. The fourth-order valence-electron chi connectivity index (χ4n) is 2.00. The summed E-state index contributed by atoms with van der Waals surface area (Å²) >= 11 is 0. The summed E-state index contributed by atoms with van der Waals surface area (Å²) in [7, 11) is 0. The summed E-state index contributed by atoms with van der Waals surface area (Å²) in [5.41, 5.74) is 1.38. The molecule has 0 radical (unpaired) electrons. The van der Waals surface area contributed by atoms with Gasteiger partial charge in [-0.1, -0.05) is 48.5 Å². The molecule has 0 atom stereocenters. The lowest BCUT2D eigenvalue weighted by Crippen LogP contribution is -2.42. The van der Waals surface area contributed by atoms with Gasteiger partial charge >= 0.3 is 17.9 Å². The molecular formula is C19H21NO8. The molecule has 0 saturated carbocycles. The van der Waals surface area contributed by atoms with Gasteiger partial charge in [0, 0.05) is 0 Å². The Bertz CT molecular complexity index is 709. The highest BCUT2D eigenvalue weighted by Gasteiger charge is 2.40. The van der Waals surface area contributed by atoms with Crippen molar-refractivity contribution in [2.75, 3.05) is 0 Å². The molecule has 0 aliphatic heterocycles. The Morgan fingerprint density at radius 3 is 1.71 bits per heavy atom. The van der Waals surface area contributed by atoms with Gasteiger partial charge in [0.1, 0.15) is 5.75 Å². The minimum atomic E-state index is -2.74. The number of benzene rings is 2. The van der Waals surface area contributed by atoms with Crippen molar-refractivity contribution >= 4 is 17.9 Å². The largest absolute Gasteiger partial charge is 0.481 e. The third-order valence-corrected chi connectivity index (χ3v) is 3.34. The summed E-state index contributed by atoms with van der Waals surface area (Å²) in [5.74, 6) is -4.19. The number of carboxylic acids is 3. The monoisotopic (exact) mass is 391 g/mol. The van der Waals surface area contributed by atoms with E-state index in [0.717, 1.165) is 5.75 Å². The van der Waals surface area contributed by atoms with Crippen molar-refractivity contribution in [1.29, 1.82) is 0 Å². The molecule has 2 aromatic rings. The number of nitrogens with one attached hydrogen (secondary N) is 1. The maximum atomic E-state index is 10.3. The Morgan fingerprint density at radius 1 is 0.821 bits per heavy atom. The van der Waals surface area contributed by atoms with Gasteiger partial charge in [-0.2, -0.15) is 5.48 Å². The van der Waals surface area contributed by atoms with Gasteiger partial charge in [-0.15, -0.1) is 0 Å². The van der Waals surface area contributed by atoms with E-state index in [0.29, 0.717) is 6.54 Å². The summed E-state index contributed by atoms with van der Waals surface area (Å²) in [6, 6.07) is 19.8. The van der Waals surface area contributed by atoms with Crippen molar-refractivity contribution in [2.45, 2.75) is 25.0 Å². The second-order valence-corrected chi connectivity index (χ2v) is 5.70. The van der Waals surface area contributed by atoms with E-state index in [1.807, 2.05) is 48.5 Å². The van der Waals surface area contributed by atoms with Crippen molar-refractivity contribution in [3.63, 3.8) is 0 Å². The van der Waals surface area contributed by atoms with Crippen molar-refractivity contribution in [3.05, 3.63) is 66.2 Å². The first-order chi connectivity index (χ1) is 13.2. The van der Waals surface area contributed by atoms with Crippen molar-refractivity contribution in [3.8, 4) is 5.75 Å². The molecule has 0 amide bonds. The lowest BCUT2D eigenvalue weighted by Gasteiger charge is -2.18. The van der Waals surface area contributed by atoms with E-state index in [1.54, 1.807) is 0 Å². The molecule has 0 fully saturated rings. The molecule has 0 spiro atoms. The second-order valence-electron chi connectivity index (χ2n) is 5.70. The predicted octanol–water partition coefficient (Wildman–Crippen LogP) is 1.52. The summed E-state index contributed by atoms with van der Waals surface area (Å²) < 4.78 is 0. The maximum Gasteiger partial charge on any atom is 0.336 e. The fourth-order valence-corrected chi connectivity index (χ4v) is 2.00. The highest BCUT2D eigenvalue weighted by molar-refractivity contribution is 5.88. The molecule has 2 rings (SSSR count). The molecule has 0 aliphatic rings. The third-order valence-electron chi connectivity index (χ3n) is 3.34. The van der Waals surface area contributed by atoms with E-state index < -0.39 is 36.4 Å². The van der Waals surface area contributed by atoms with Gasteiger partial charge in [0.2, 0.25) is 0 Å². The topological polar surface area (TPSA) is 153 Å². The zero-order chi connectivity index (χ0) is 21.0. The van der Waals surface area contributed by atoms with E-state index in [9.17, 15) is 14.4 Å². The van der Waals surface area contributed by atoms with Crippen LogP contribution < -0.4 is 10.3 Å². The third kappa shape index (κ3) is 8.79. The molecular weight excluding hydrogens is 370 g/mol. The van der Waals surface area contributed by atoms with E-state index in [4.69, 9.17) is 25.3 Å². The second kappa shape index (κ2) is 11.3. The van der Waals surface area contributed by atoms with Crippen LogP contribution in [-0.2, 0) is 20.9 Å². The van der Waals surface area contributed by atoms with Crippen LogP contribution >= 0.6 is 0 Å². The highest BCUT2D eigenvalue weighted by atomic mass is 16.6. The molecule has 0 heterocycles. The van der Waals surface area contributed by atoms with Crippen molar-refractivity contribution in [2.24, 2.45) is 0 Å². The number of aliphatic carboxylic acids is 3. The first-order valence-corrected chi connectivity index (χ1v) is 8.11. The zero-order valence-corrected chi connectivity index (χ0v) is 14.8. The average Bonchev–Trinajstić information content (AvgIpc) is 2.62. The van der Waals surface area contributed by atoms with E-state index in [-0.39, 0.29) is 0 Å². The van der Waals surface area contributed by atoms with Gasteiger partial charge in [-0.05, 0) is 17.7 Å². The van der Waals surface area contributed by atoms with Crippen molar-refractivity contribution in [1.82, 2.24) is 5.48 Å². The van der Waals surface area contributed by atoms with Gasteiger partial charge in [-0.3, -0.25) is 9.59 Å². The molecule has 0 aliphatic carbocycles. The lowest BCUT2D eigenvalue weighted by molar-refractivity contribution is -0.170. The normalized spacial score (nSPS) is 10.3. The number of para-hydroxylation sites is 1. The van der Waals surface area contributed by atoms with Gasteiger partial charge in [0.05, 0.1) is 19.4 Å². The summed E-state index contributed by atoms with van der Waals surface area (Å²) in [5, 5.41) is 33.8. The van der Waals surface area contributed by atoms with Crippen LogP contribution in [0.1, 0.15) is 18.4 Å². The molecule has 0 bridgehead atoms. The van der Waals surface area contributed by atoms with Gasteiger partial charge in [-0.25, -0.2) is 4.79 Å². The number of hydroxylamine groups is 1. The van der Waals surface area contributed by atoms with Crippen LogP contribution in [0.15, 0.2) is 60.7 Å². The van der Waals surface area contributed by atoms with Crippen LogP contribution in [-0.4, -0.2) is 43.9 Å². The Hall–Kier alpha value is -3.43. The summed E-state index contributed by atoms with van der Waals surface area (Å²) in [4.78, 5) is 35.8. The summed E-state index contributed by atoms with van der Waals surface area (Å²) in [6.07, 6.45) is -2.29. The first-order valence-electron chi connectivity index (χ1n) is 8.11. The van der Waals surface area contributed by atoms with Crippen LogP contribution in [0.2, 0.25) is 0 Å². The minimum absolute atomic E-state index is 0.704. The van der Waals surface area contributed by atoms with Crippen LogP contribution in [0.3, 0.4) is 0 Å². The number of carbonyl (C=O) groups is 3. The molecule has 150 valence electrons. The SMILES string of the molecule is O=C(O)CC(O)(CC(=O)O)C(=O)O.c1ccc(CNOc2ccccc2)cc1. The predicted molar refractivity (Wildman–Crippen MR) is 97.4 cm³/mol. The van der Waals surface area contributed by atoms with Gasteiger partial charge in [0.15, 0.2) is 5.60 Å². The van der Waals surface area contributed by atoms with Gasteiger partial charge in [0.25, 0.3) is 0 Å². The Kier molecular flexibility index (Phi) is 9.14. The van der Waals surface area contributed by atoms with E-state index in [1.165, 1.54) is 5.56 Å². The molecule has 2 aromatic carbocycles. The molecule has 0 unspecified atom stereocenters. The van der Waals surface area contributed by atoms with E-state index >= 15 is 0 Å². The number of hydrogen-bond acceptors (Lipinski definition) is 6. The molecule has 0 aromatic heterocycles. The maximum absolute atomic E-state index is 10.3. The fraction of sp³-hybridized carbons (Fsp3) is 0.211. The number of hydrogen-bond donors (Lipinski definition) is 5. The van der Waals surface area contributed by atoms with Gasteiger partial charge < -0.3 is 25.3 Å². The minimum Gasteiger partial charge on any atom is -0.481 e. The standard InChI is InChI=1S/C13H13NO.C6H8O7/c1-3-7-12(8-4-1)11-14-15-13-9-5-2-6-10-13;7-3(8)1-6(13,5(11)12)2-4(9)10/h1-10,14H,11H2;13H,1-2H2,(H,7,8)(H,9,10)(H,11,12). The Balaban J connectivity index is 0.000000284. The Morgan fingerprint density at radius 2 is 1.29 bits per heavy atom. The zero-order valence-electron chi connectivity index (χ0n) is 14.8. The summed E-state index contributed by atoms with van der Waals surface area (Å²) in [6.45, 7) is 0.704. The van der Waals surface area contributed by atoms with Crippen LogP contribution in [0.25, 0.3) is 0 Å². The highest BCUT2D eigenvalue weighted by Crippen LogP contribution is 2.15. The van der Waals surface area contributed by atoms with E-state index in [2.05, 4.69) is 17.6 Å². The van der Waals surface area contributed by atoms with Crippen LogP contribution in [0, 0.1) is 0 Å².